The van der Waals surface area contributed by atoms with Crippen LogP contribution in [0.2, 0.25) is 0 Å². The first-order chi connectivity index (χ1) is 13.5. The number of rotatable bonds is 11. The summed E-state index contributed by atoms with van der Waals surface area (Å²) < 4.78 is 37.5. The molecular formula is C25H29F3. The number of hydrogen-bond acceptors (Lipinski definition) is 0. The van der Waals surface area contributed by atoms with Crippen LogP contribution in [-0.4, -0.2) is 0 Å². The third-order valence-electron chi connectivity index (χ3n) is 4.85. The summed E-state index contributed by atoms with van der Waals surface area (Å²) in [4.78, 5) is 0. The number of benzene rings is 2. The van der Waals surface area contributed by atoms with E-state index in [1.165, 1.54) is 49.8 Å². The molecule has 0 aliphatic rings. The van der Waals surface area contributed by atoms with E-state index in [0.29, 0.717) is 0 Å². The molecule has 3 heteroatoms. The Labute approximate surface area is 166 Å². The molecule has 0 N–H and O–H groups in total. The first-order valence-electron chi connectivity index (χ1n) is 10.0. The molecule has 0 aliphatic heterocycles. The Morgan fingerprint density at radius 3 is 1.89 bits per heavy atom. The fraction of sp³-hybridized carbons (Fsp3) is 0.360. The van der Waals surface area contributed by atoms with Crippen molar-refractivity contribution in [3.05, 3.63) is 83.4 Å². The SMILES string of the molecule is C=Cc1ccc(CCCCCCCC/C=C/c2ccc(C(F)(F)F)cc2)cc1. The van der Waals surface area contributed by atoms with Crippen molar-refractivity contribution >= 4 is 12.2 Å². The average molecular weight is 387 g/mol. The lowest BCUT2D eigenvalue weighted by Crippen LogP contribution is -2.03. The minimum atomic E-state index is -4.27. The highest BCUT2D eigenvalue weighted by atomic mass is 19.4. The predicted octanol–water partition coefficient (Wildman–Crippen LogP) is 8.34. The Morgan fingerprint density at radius 2 is 1.29 bits per heavy atom. The van der Waals surface area contributed by atoms with E-state index in [-0.39, 0.29) is 0 Å². The van der Waals surface area contributed by atoms with Crippen LogP contribution >= 0.6 is 0 Å². The molecule has 0 heterocycles. The van der Waals surface area contributed by atoms with Crippen LogP contribution in [0.25, 0.3) is 12.2 Å². The van der Waals surface area contributed by atoms with Gasteiger partial charge in [0.1, 0.15) is 0 Å². The minimum absolute atomic E-state index is 0.599. The topological polar surface area (TPSA) is 0 Å². The summed E-state index contributed by atoms with van der Waals surface area (Å²) in [7, 11) is 0. The Morgan fingerprint density at radius 1 is 0.714 bits per heavy atom. The van der Waals surface area contributed by atoms with Crippen molar-refractivity contribution in [2.75, 3.05) is 0 Å². The van der Waals surface area contributed by atoms with Gasteiger partial charge in [-0.05, 0) is 54.5 Å². The largest absolute Gasteiger partial charge is 0.416 e. The van der Waals surface area contributed by atoms with Crippen LogP contribution in [0.3, 0.4) is 0 Å². The third kappa shape index (κ3) is 8.16. The molecule has 0 aliphatic carbocycles. The smallest absolute Gasteiger partial charge is 0.166 e. The lowest BCUT2D eigenvalue weighted by atomic mass is 10.0. The second kappa shape index (κ2) is 11.5. The van der Waals surface area contributed by atoms with Gasteiger partial charge in [-0.3, -0.25) is 0 Å². The summed E-state index contributed by atoms with van der Waals surface area (Å²) in [5, 5.41) is 0. The summed E-state index contributed by atoms with van der Waals surface area (Å²) in [5.41, 5.74) is 2.77. The van der Waals surface area contributed by atoms with Crippen LogP contribution in [0.4, 0.5) is 13.2 Å². The molecule has 0 atom stereocenters. The summed E-state index contributed by atoms with van der Waals surface area (Å²) in [6, 6.07) is 13.9. The summed E-state index contributed by atoms with van der Waals surface area (Å²) in [6.45, 7) is 3.77. The molecule has 0 saturated carbocycles. The minimum Gasteiger partial charge on any atom is -0.166 e. The normalized spacial score (nSPS) is 11.8. The van der Waals surface area contributed by atoms with E-state index < -0.39 is 11.7 Å². The molecule has 0 saturated heterocycles. The van der Waals surface area contributed by atoms with Crippen molar-refractivity contribution in [1.82, 2.24) is 0 Å². The monoisotopic (exact) mass is 386 g/mol. The van der Waals surface area contributed by atoms with Gasteiger partial charge in [0.2, 0.25) is 0 Å². The fourth-order valence-corrected chi connectivity index (χ4v) is 3.12. The Hall–Kier alpha value is -2.29. The van der Waals surface area contributed by atoms with Gasteiger partial charge in [0.05, 0.1) is 5.56 Å². The van der Waals surface area contributed by atoms with Crippen molar-refractivity contribution in [3.63, 3.8) is 0 Å². The van der Waals surface area contributed by atoms with E-state index in [1.54, 1.807) is 0 Å². The van der Waals surface area contributed by atoms with Gasteiger partial charge in [0, 0.05) is 0 Å². The van der Waals surface area contributed by atoms with Crippen LogP contribution in [0.15, 0.2) is 61.2 Å². The Kier molecular flexibility index (Phi) is 9.06. The maximum atomic E-state index is 12.5. The van der Waals surface area contributed by atoms with E-state index in [2.05, 4.69) is 36.9 Å². The molecule has 0 unspecified atom stereocenters. The molecule has 0 fully saturated rings. The molecular weight excluding hydrogens is 357 g/mol. The van der Waals surface area contributed by atoms with Crippen LogP contribution in [0, 0.1) is 0 Å². The molecule has 2 aromatic carbocycles. The lowest BCUT2D eigenvalue weighted by molar-refractivity contribution is -0.137. The highest BCUT2D eigenvalue weighted by Gasteiger charge is 2.29. The molecule has 0 spiro atoms. The van der Waals surface area contributed by atoms with Gasteiger partial charge < -0.3 is 0 Å². The van der Waals surface area contributed by atoms with Crippen LogP contribution in [0.5, 0.6) is 0 Å². The quantitative estimate of drug-likeness (QED) is 0.340. The predicted molar refractivity (Wildman–Crippen MR) is 113 cm³/mol. The van der Waals surface area contributed by atoms with Gasteiger partial charge in [-0.1, -0.05) is 86.9 Å². The zero-order valence-corrected chi connectivity index (χ0v) is 16.3. The van der Waals surface area contributed by atoms with Gasteiger partial charge in [-0.15, -0.1) is 0 Å². The molecule has 28 heavy (non-hydrogen) atoms. The van der Waals surface area contributed by atoms with Crippen molar-refractivity contribution < 1.29 is 13.2 Å². The van der Waals surface area contributed by atoms with Gasteiger partial charge >= 0.3 is 6.18 Å². The number of hydrogen-bond donors (Lipinski definition) is 0. The van der Waals surface area contributed by atoms with E-state index in [1.807, 2.05) is 12.2 Å². The van der Waals surface area contributed by atoms with Gasteiger partial charge in [-0.25, -0.2) is 0 Å². The first kappa shape index (κ1) is 22.0. The summed E-state index contributed by atoms with van der Waals surface area (Å²) >= 11 is 0. The molecule has 0 bridgehead atoms. The second-order valence-corrected chi connectivity index (χ2v) is 7.13. The van der Waals surface area contributed by atoms with Gasteiger partial charge in [0.15, 0.2) is 0 Å². The van der Waals surface area contributed by atoms with Crippen LogP contribution < -0.4 is 0 Å². The second-order valence-electron chi connectivity index (χ2n) is 7.13. The Bertz CT molecular complexity index is 722. The van der Waals surface area contributed by atoms with E-state index in [0.717, 1.165) is 42.5 Å². The average Bonchev–Trinajstić information content (AvgIpc) is 2.69. The highest BCUT2D eigenvalue weighted by Crippen LogP contribution is 2.29. The van der Waals surface area contributed by atoms with Crippen molar-refractivity contribution in [3.8, 4) is 0 Å². The number of aryl methyl sites for hydroxylation is 1. The molecule has 0 amide bonds. The van der Waals surface area contributed by atoms with E-state index in [4.69, 9.17) is 0 Å². The maximum Gasteiger partial charge on any atom is 0.416 e. The first-order valence-corrected chi connectivity index (χ1v) is 10.0. The summed E-state index contributed by atoms with van der Waals surface area (Å²) in [5.74, 6) is 0. The fourth-order valence-electron chi connectivity index (χ4n) is 3.12. The van der Waals surface area contributed by atoms with Crippen molar-refractivity contribution in [2.24, 2.45) is 0 Å². The van der Waals surface area contributed by atoms with Crippen LogP contribution in [-0.2, 0) is 12.6 Å². The van der Waals surface area contributed by atoms with E-state index in [9.17, 15) is 13.2 Å². The van der Waals surface area contributed by atoms with E-state index >= 15 is 0 Å². The lowest BCUT2D eigenvalue weighted by Gasteiger charge is -2.05. The van der Waals surface area contributed by atoms with Crippen LogP contribution in [0.1, 0.15) is 67.2 Å². The zero-order valence-electron chi connectivity index (χ0n) is 16.3. The molecule has 0 aromatic heterocycles. The van der Waals surface area contributed by atoms with Gasteiger partial charge in [0.25, 0.3) is 0 Å². The Balaban J connectivity index is 1.51. The third-order valence-corrected chi connectivity index (χ3v) is 4.85. The molecule has 150 valence electrons. The number of alkyl halides is 3. The van der Waals surface area contributed by atoms with Crippen molar-refractivity contribution in [1.29, 1.82) is 0 Å². The number of unbranched alkanes of at least 4 members (excludes halogenated alkanes) is 6. The molecule has 2 aromatic rings. The number of halogens is 3. The standard InChI is InChI=1S/C25H29F3/c1-2-21-13-15-22(16-14-21)11-9-7-5-3-4-6-8-10-12-23-17-19-24(20-18-23)25(26,27)28/h2,10,12-20H,1,3-9,11H2/b12-10+. The molecule has 0 nitrogen and oxygen atoms in total. The zero-order chi connectivity index (χ0) is 20.2. The van der Waals surface area contributed by atoms with Gasteiger partial charge in [-0.2, -0.15) is 13.2 Å². The summed E-state index contributed by atoms with van der Waals surface area (Å²) in [6.07, 6.45) is 11.0. The van der Waals surface area contributed by atoms with Crippen molar-refractivity contribution in [2.45, 2.75) is 57.5 Å². The highest BCUT2D eigenvalue weighted by molar-refractivity contribution is 5.49. The number of allylic oxidation sites excluding steroid dienone is 1. The maximum absolute atomic E-state index is 12.5. The molecule has 0 radical (unpaired) electrons. The molecule has 2 rings (SSSR count).